The van der Waals surface area contributed by atoms with E-state index in [4.69, 9.17) is 10.5 Å². The lowest BCUT2D eigenvalue weighted by atomic mass is 10.0. The summed E-state index contributed by atoms with van der Waals surface area (Å²) < 4.78 is 5.86. The van der Waals surface area contributed by atoms with Crippen LogP contribution in [0.2, 0.25) is 0 Å². The molecule has 0 saturated heterocycles. The van der Waals surface area contributed by atoms with E-state index in [2.05, 4.69) is 32.9 Å². The average molecular weight is 221 g/mol. The van der Waals surface area contributed by atoms with Crippen LogP contribution in [0.25, 0.3) is 0 Å². The van der Waals surface area contributed by atoms with Gasteiger partial charge in [0.2, 0.25) is 0 Å². The van der Waals surface area contributed by atoms with E-state index < -0.39 is 0 Å². The summed E-state index contributed by atoms with van der Waals surface area (Å²) in [6.07, 6.45) is 3.09. The Morgan fingerprint density at radius 1 is 1.19 bits per heavy atom. The fourth-order valence-electron chi connectivity index (χ4n) is 1.93. The van der Waals surface area contributed by atoms with E-state index in [0.717, 1.165) is 38.2 Å². The van der Waals surface area contributed by atoms with E-state index in [1.807, 2.05) is 0 Å². The maximum Gasteiger partial charge on any atom is 0.125 e. The smallest absolute Gasteiger partial charge is 0.125 e. The van der Waals surface area contributed by atoms with Crippen molar-refractivity contribution >= 4 is 0 Å². The van der Waals surface area contributed by atoms with Gasteiger partial charge in [-0.25, -0.2) is 0 Å². The molecule has 16 heavy (non-hydrogen) atoms. The van der Waals surface area contributed by atoms with Crippen LogP contribution in [0.4, 0.5) is 0 Å². The van der Waals surface area contributed by atoms with Crippen molar-refractivity contribution in [3.8, 4) is 5.75 Å². The van der Waals surface area contributed by atoms with Crippen LogP contribution in [0, 0.1) is 13.8 Å². The highest BCUT2D eigenvalue weighted by Gasteiger charge is 2.06. The van der Waals surface area contributed by atoms with Crippen LogP contribution in [-0.4, -0.2) is 13.2 Å². The summed E-state index contributed by atoms with van der Waals surface area (Å²) in [5.74, 6) is 1.07. The predicted molar refractivity (Wildman–Crippen MR) is 69.1 cm³/mol. The molecule has 0 spiro atoms. The third-order valence-corrected chi connectivity index (χ3v) is 2.72. The molecule has 0 saturated carbocycles. The van der Waals surface area contributed by atoms with Crippen molar-refractivity contribution in [1.82, 2.24) is 0 Å². The molecule has 0 bridgehead atoms. The molecule has 1 aromatic rings. The zero-order valence-electron chi connectivity index (χ0n) is 10.7. The first kappa shape index (κ1) is 13.0. The van der Waals surface area contributed by atoms with Gasteiger partial charge in [0.25, 0.3) is 0 Å². The second-order valence-electron chi connectivity index (χ2n) is 4.27. The Morgan fingerprint density at radius 3 is 2.56 bits per heavy atom. The molecule has 0 amide bonds. The van der Waals surface area contributed by atoms with E-state index in [0.29, 0.717) is 0 Å². The van der Waals surface area contributed by atoms with Crippen LogP contribution >= 0.6 is 0 Å². The molecule has 2 nitrogen and oxygen atoms in total. The molecule has 0 atom stereocenters. The molecule has 0 heterocycles. The maximum atomic E-state index is 5.86. The van der Waals surface area contributed by atoms with Crippen molar-refractivity contribution in [2.45, 2.75) is 40.0 Å². The lowest BCUT2D eigenvalue weighted by molar-refractivity contribution is 0.303. The zero-order chi connectivity index (χ0) is 12.0. The SMILES string of the molecule is CCc1cc(C)cc(C)c1OCCCCN. The van der Waals surface area contributed by atoms with Gasteiger partial charge in [-0.2, -0.15) is 0 Å². The highest BCUT2D eigenvalue weighted by molar-refractivity contribution is 5.43. The van der Waals surface area contributed by atoms with Gasteiger partial charge < -0.3 is 10.5 Å². The molecule has 0 aliphatic carbocycles. The van der Waals surface area contributed by atoms with Gasteiger partial charge in [-0.1, -0.05) is 24.6 Å². The number of hydrogen-bond acceptors (Lipinski definition) is 2. The van der Waals surface area contributed by atoms with Gasteiger partial charge in [0.15, 0.2) is 0 Å². The largest absolute Gasteiger partial charge is 0.493 e. The number of benzene rings is 1. The van der Waals surface area contributed by atoms with Crippen LogP contribution in [-0.2, 0) is 6.42 Å². The topological polar surface area (TPSA) is 35.2 Å². The Bertz CT molecular complexity index is 334. The standard InChI is InChI=1S/C14H23NO/c1-4-13-10-11(2)9-12(3)14(13)16-8-6-5-7-15/h9-10H,4-8,15H2,1-3H3. The molecular formula is C14H23NO. The molecule has 0 aliphatic rings. The van der Waals surface area contributed by atoms with E-state index in [1.54, 1.807) is 0 Å². The van der Waals surface area contributed by atoms with Crippen molar-refractivity contribution in [2.75, 3.05) is 13.2 Å². The van der Waals surface area contributed by atoms with Gasteiger partial charge in [0, 0.05) is 0 Å². The first-order chi connectivity index (χ1) is 7.69. The highest BCUT2D eigenvalue weighted by atomic mass is 16.5. The van der Waals surface area contributed by atoms with Crippen molar-refractivity contribution in [3.05, 3.63) is 28.8 Å². The summed E-state index contributed by atoms with van der Waals surface area (Å²) in [5, 5.41) is 0. The maximum absolute atomic E-state index is 5.86. The molecule has 0 aromatic heterocycles. The summed E-state index contributed by atoms with van der Waals surface area (Å²) in [7, 11) is 0. The van der Waals surface area contributed by atoms with E-state index in [1.165, 1.54) is 16.7 Å². The molecule has 1 rings (SSSR count). The summed E-state index contributed by atoms with van der Waals surface area (Å²) in [6, 6.07) is 4.39. The van der Waals surface area contributed by atoms with Gasteiger partial charge in [0.1, 0.15) is 5.75 Å². The second kappa shape index (κ2) is 6.54. The van der Waals surface area contributed by atoms with Gasteiger partial charge in [-0.3, -0.25) is 0 Å². The minimum atomic E-state index is 0.747. The van der Waals surface area contributed by atoms with E-state index >= 15 is 0 Å². The highest BCUT2D eigenvalue weighted by Crippen LogP contribution is 2.26. The van der Waals surface area contributed by atoms with Crippen LogP contribution in [0.5, 0.6) is 5.75 Å². The van der Waals surface area contributed by atoms with Crippen molar-refractivity contribution < 1.29 is 4.74 Å². The average Bonchev–Trinajstić information content (AvgIpc) is 2.26. The summed E-state index contributed by atoms with van der Waals surface area (Å²) in [5.41, 5.74) is 9.32. The number of hydrogen-bond donors (Lipinski definition) is 1. The second-order valence-corrected chi connectivity index (χ2v) is 4.27. The molecular weight excluding hydrogens is 198 g/mol. The van der Waals surface area contributed by atoms with Gasteiger partial charge in [-0.05, 0) is 50.8 Å². The number of ether oxygens (including phenoxy) is 1. The molecule has 0 unspecified atom stereocenters. The number of unbranched alkanes of at least 4 members (excludes halogenated alkanes) is 1. The Morgan fingerprint density at radius 2 is 1.94 bits per heavy atom. The normalized spacial score (nSPS) is 10.5. The number of rotatable bonds is 6. The lowest BCUT2D eigenvalue weighted by Gasteiger charge is -2.14. The van der Waals surface area contributed by atoms with Crippen molar-refractivity contribution in [1.29, 1.82) is 0 Å². The van der Waals surface area contributed by atoms with Crippen LogP contribution in [0.15, 0.2) is 12.1 Å². The fourth-order valence-corrected chi connectivity index (χ4v) is 1.93. The van der Waals surface area contributed by atoms with Crippen LogP contribution < -0.4 is 10.5 Å². The molecule has 90 valence electrons. The van der Waals surface area contributed by atoms with Gasteiger partial charge in [-0.15, -0.1) is 0 Å². The van der Waals surface area contributed by atoms with Crippen LogP contribution in [0.3, 0.4) is 0 Å². The molecule has 1 aromatic carbocycles. The minimum Gasteiger partial charge on any atom is -0.493 e. The first-order valence-corrected chi connectivity index (χ1v) is 6.12. The van der Waals surface area contributed by atoms with Gasteiger partial charge in [0.05, 0.1) is 6.61 Å². The summed E-state index contributed by atoms with van der Waals surface area (Å²) >= 11 is 0. The number of nitrogens with two attached hydrogens (primary N) is 1. The molecule has 2 N–H and O–H groups in total. The molecule has 2 heteroatoms. The number of aryl methyl sites for hydroxylation is 3. The molecule has 0 aliphatic heterocycles. The summed E-state index contributed by atoms with van der Waals surface area (Å²) in [4.78, 5) is 0. The molecule has 0 radical (unpaired) electrons. The first-order valence-electron chi connectivity index (χ1n) is 6.12. The summed E-state index contributed by atoms with van der Waals surface area (Å²) in [6.45, 7) is 7.93. The Kier molecular flexibility index (Phi) is 5.33. The molecule has 0 fully saturated rings. The van der Waals surface area contributed by atoms with E-state index in [-0.39, 0.29) is 0 Å². The Balaban J connectivity index is 2.70. The van der Waals surface area contributed by atoms with Crippen molar-refractivity contribution in [3.63, 3.8) is 0 Å². The van der Waals surface area contributed by atoms with Gasteiger partial charge >= 0.3 is 0 Å². The fraction of sp³-hybridized carbons (Fsp3) is 0.571. The quantitative estimate of drug-likeness (QED) is 0.749. The predicted octanol–water partition coefficient (Wildman–Crippen LogP) is 2.98. The zero-order valence-corrected chi connectivity index (χ0v) is 10.7. The monoisotopic (exact) mass is 221 g/mol. The van der Waals surface area contributed by atoms with Crippen molar-refractivity contribution in [2.24, 2.45) is 5.73 Å². The Hall–Kier alpha value is -1.02. The third-order valence-electron chi connectivity index (χ3n) is 2.72. The van der Waals surface area contributed by atoms with Crippen LogP contribution in [0.1, 0.15) is 36.5 Å². The lowest BCUT2D eigenvalue weighted by Crippen LogP contribution is -2.05. The minimum absolute atomic E-state index is 0.747. The Labute approximate surface area is 98.8 Å². The van der Waals surface area contributed by atoms with E-state index in [9.17, 15) is 0 Å². The third kappa shape index (κ3) is 3.53.